The highest BCUT2D eigenvalue weighted by molar-refractivity contribution is 5.91. The first-order valence-electron chi connectivity index (χ1n) is 13.2. The minimum Gasteiger partial charge on any atom is -0.442 e. The monoisotopic (exact) mass is 530 g/mol. The number of nitrogens with zero attached hydrogens (tertiary/aromatic N) is 2. The van der Waals surface area contributed by atoms with Crippen LogP contribution in [-0.2, 0) is 14.3 Å². The Hall–Kier alpha value is -3.34. The maximum Gasteiger partial charge on any atom is 0.412 e. The number of ether oxygens (including phenoxy) is 1. The zero-order chi connectivity index (χ0) is 28.2. The van der Waals surface area contributed by atoms with Crippen molar-refractivity contribution in [2.75, 3.05) is 25.5 Å². The van der Waals surface area contributed by atoms with E-state index < -0.39 is 35.7 Å². The molecule has 210 valence electrons. The first-order valence-corrected chi connectivity index (χ1v) is 13.2. The van der Waals surface area contributed by atoms with Crippen molar-refractivity contribution in [1.29, 1.82) is 0 Å². The van der Waals surface area contributed by atoms with Gasteiger partial charge in [-0.2, -0.15) is 0 Å². The van der Waals surface area contributed by atoms with Crippen molar-refractivity contribution >= 4 is 29.6 Å². The summed E-state index contributed by atoms with van der Waals surface area (Å²) in [6, 6.07) is 6.46. The van der Waals surface area contributed by atoms with Crippen molar-refractivity contribution in [2.24, 2.45) is 5.41 Å². The van der Waals surface area contributed by atoms with Crippen molar-refractivity contribution in [3.05, 3.63) is 30.3 Å². The molecule has 0 spiro atoms. The van der Waals surface area contributed by atoms with Crippen LogP contribution in [0.5, 0.6) is 0 Å². The highest BCUT2D eigenvalue weighted by atomic mass is 16.6. The topological polar surface area (TPSA) is 132 Å². The number of likely N-dealkylation sites (N-methyl/N-ethyl adjacent to an activating group) is 1. The molecule has 2 fully saturated rings. The Kier molecular flexibility index (Phi) is 9.24. The average molecular weight is 531 g/mol. The molecule has 2 saturated heterocycles. The third kappa shape index (κ3) is 6.75. The fourth-order valence-electron chi connectivity index (χ4n) is 4.97. The van der Waals surface area contributed by atoms with Gasteiger partial charge in [-0.1, -0.05) is 39.0 Å². The SMILES string of the molecule is CN[C@@H](C)C(=O)N[C@H](C(=O)N1CC[C@@H]2[C@H]1[C@@H](OC(=O)Nc1ccccc1)CN2C(=O)NC(C)C)C(C)(C)C. The minimum absolute atomic E-state index is 0.0731. The number of amides is 5. The Morgan fingerprint density at radius 2 is 1.66 bits per heavy atom. The van der Waals surface area contributed by atoms with Crippen LogP contribution < -0.4 is 21.3 Å². The molecule has 0 unspecified atom stereocenters. The Balaban J connectivity index is 1.86. The lowest BCUT2D eigenvalue weighted by Crippen LogP contribution is -2.59. The van der Waals surface area contributed by atoms with Gasteiger partial charge in [0.1, 0.15) is 12.1 Å². The van der Waals surface area contributed by atoms with Crippen LogP contribution in [-0.4, -0.2) is 90.2 Å². The Morgan fingerprint density at radius 3 is 2.24 bits per heavy atom. The number of hydrogen-bond acceptors (Lipinski definition) is 6. The Morgan fingerprint density at radius 1 is 1.00 bits per heavy atom. The summed E-state index contributed by atoms with van der Waals surface area (Å²) in [5, 5.41) is 11.4. The summed E-state index contributed by atoms with van der Waals surface area (Å²) < 4.78 is 5.83. The number of benzene rings is 1. The van der Waals surface area contributed by atoms with Crippen LogP contribution in [0.1, 0.15) is 48.0 Å². The van der Waals surface area contributed by atoms with Gasteiger partial charge in [0, 0.05) is 18.3 Å². The zero-order valence-corrected chi connectivity index (χ0v) is 23.4. The number of nitrogens with one attached hydrogen (secondary N) is 4. The first kappa shape index (κ1) is 29.2. The van der Waals surface area contributed by atoms with E-state index in [1.54, 1.807) is 48.0 Å². The van der Waals surface area contributed by atoms with Crippen LogP contribution >= 0.6 is 0 Å². The van der Waals surface area contributed by atoms with Crippen LogP contribution in [0.4, 0.5) is 15.3 Å². The molecule has 1 aromatic carbocycles. The lowest BCUT2D eigenvalue weighted by atomic mass is 9.85. The van der Waals surface area contributed by atoms with Gasteiger partial charge in [-0.3, -0.25) is 14.9 Å². The van der Waals surface area contributed by atoms with Crippen molar-refractivity contribution < 1.29 is 23.9 Å². The number of likely N-dealkylation sites (tertiary alicyclic amines) is 2. The molecule has 0 aliphatic carbocycles. The molecule has 5 atom stereocenters. The number of fused-ring (bicyclic) bond motifs is 1. The van der Waals surface area contributed by atoms with Gasteiger partial charge in [0.25, 0.3) is 0 Å². The number of rotatable bonds is 7. The van der Waals surface area contributed by atoms with E-state index in [0.29, 0.717) is 18.7 Å². The van der Waals surface area contributed by atoms with Crippen molar-refractivity contribution in [2.45, 2.75) is 84.3 Å². The molecule has 2 heterocycles. The fourth-order valence-corrected chi connectivity index (χ4v) is 4.97. The largest absolute Gasteiger partial charge is 0.442 e. The van der Waals surface area contributed by atoms with Gasteiger partial charge >= 0.3 is 12.1 Å². The second-order valence-electron chi connectivity index (χ2n) is 11.4. The Labute approximate surface area is 225 Å². The van der Waals surface area contributed by atoms with E-state index in [4.69, 9.17) is 4.74 Å². The lowest BCUT2D eigenvalue weighted by Gasteiger charge is -2.37. The van der Waals surface area contributed by atoms with Gasteiger partial charge in [0.2, 0.25) is 11.8 Å². The third-order valence-electron chi connectivity index (χ3n) is 7.04. The minimum atomic E-state index is -0.804. The van der Waals surface area contributed by atoms with Crippen LogP contribution in [0.3, 0.4) is 0 Å². The molecule has 3 rings (SSSR count). The molecule has 0 radical (unpaired) electrons. The molecule has 38 heavy (non-hydrogen) atoms. The maximum atomic E-state index is 14.0. The molecule has 0 aromatic heterocycles. The quantitative estimate of drug-likeness (QED) is 0.427. The number of carbonyl (C=O) groups excluding carboxylic acids is 4. The first-order chi connectivity index (χ1) is 17.8. The molecular weight excluding hydrogens is 488 g/mol. The summed E-state index contributed by atoms with van der Waals surface area (Å²) in [4.78, 5) is 55.9. The standard InChI is InChI=1S/C27H42N6O5/c1-16(2)29-25(36)33-15-20(38-26(37)30-18-11-9-8-10-12-18)21-19(33)13-14-32(21)24(35)22(27(4,5)6)31-23(34)17(3)28-7/h8-12,16-17,19-22,28H,13-15H2,1-7H3,(H,29,36)(H,30,37)(H,31,34)/t17-,19+,20-,21-,22+/m0/s1. The molecule has 11 heteroatoms. The van der Waals surface area contributed by atoms with Gasteiger partial charge < -0.3 is 30.5 Å². The van der Waals surface area contributed by atoms with Crippen molar-refractivity contribution in [3.8, 4) is 0 Å². The summed E-state index contributed by atoms with van der Waals surface area (Å²) in [6.45, 7) is 11.7. The summed E-state index contributed by atoms with van der Waals surface area (Å²) in [5.41, 5.74) is 0.00193. The van der Waals surface area contributed by atoms with Gasteiger partial charge in [0.15, 0.2) is 0 Å². The normalized spacial score (nSPS) is 22.5. The summed E-state index contributed by atoms with van der Waals surface area (Å²) >= 11 is 0. The van der Waals surface area contributed by atoms with E-state index in [9.17, 15) is 19.2 Å². The highest BCUT2D eigenvalue weighted by Gasteiger charge is 2.55. The number of carbonyl (C=O) groups is 4. The van der Waals surface area contributed by atoms with Crippen LogP contribution in [0.15, 0.2) is 30.3 Å². The van der Waals surface area contributed by atoms with E-state index in [2.05, 4.69) is 21.3 Å². The van der Waals surface area contributed by atoms with Crippen molar-refractivity contribution in [3.63, 3.8) is 0 Å². The summed E-state index contributed by atoms with van der Waals surface area (Å²) in [5.74, 6) is -0.541. The van der Waals surface area contributed by atoms with Gasteiger partial charge in [0.05, 0.1) is 24.7 Å². The molecule has 1 aromatic rings. The summed E-state index contributed by atoms with van der Waals surface area (Å²) in [7, 11) is 1.68. The number of hydrogen-bond donors (Lipinski definition) is 4. The third-order valence-corrected chi connectivity index (χ3v) is 7.04. The number of anilines is 1. The molecule has 4 N–H and O–H groups in total. The van der Waals surface area contributed by atoms with Crippen LogP contribution in [0.2, 0.25) is 0 Å². The van der Waals surface area contributed by atoms with Gasteiger partial charge in [-0.15, -0.1) is 0 Å². The molecule has 11 nitrogen and oxygen atoms in total. The second kappa shape index (κ2) is 12.0. The fraction of sp³-hybridized carbons (Fsp3) is 0.630. The molecule has 0 saturated carbocycles. The molecule has 2 aliphatic rings. The predicted molar refractivity (Wildman–Crippen MR) is 145 cm³/mol. The zero-order valence-electron chi connectivity index (χ0n) is 23.4. The number of para-hydroxylation sites is 1. The lowest BCUT2D eigenvalue weighted by molar-refractivity contribution is -0.141. The van der Waals surface area contributed by atoms with Crippen LogP contribution in [0.25, 0.3) is 0 Å². The van der Waals surface area contributed by atoms with Crippen molar-refractivity contribution in [1.82, 2.24) is 25.8 Å². The van der Waals surface area contributed by atoms with E-state index in [-0.39, 0.29) is 36.5 Å². The van der Waals surface area contributed by atoms with E-state index in [0.717, 1.165) is 0 Å². The molecular formula is C27H42N6O5. The highest BCUT2D eigenvalue weighted by Crippen LogP contribution is 2.36. The summed E-state index contributed by atoms with van der Waals surface area (Å²) in [6.07, 6.45) is -0.852. The smallest absolute Gasteiger partial charge is 0.412 e. The van der Waals surface area contributed by atoms with Crippen LogP contribution in [0, 0.1) is 5.41 Å². The predicted octanol–water partition coefficient (Wildman–Crippen LogP) is 2.15. The molecule has 0 bridgehead atoms. The molecule has 2 aliphatic heterocycles. The Bertz CT molecular complexity index is 1010. The van der Waals surface area contributed by atoms with E-state index in [1.807, 2.05) is 40.7 Å². The maximum absolute atomic E-state index is 14.0. The second-order valence-corrected chi connectivity index (χ2v) is 11.4. The average Bonchev–Trinajstić information content (AvgIpc) is 3.42. The van der Waals surface area contributed by atoms with E-state index in [1.165, 1.54) is 0 Å². The van der Waals surface area contributed by atoms with Gasteiger partial charge in [-0.05, 0) is 51.8 Å². The molecule has 5 amide bonds. The van der Waals surface area contributed by atoms with Gasteiger partial charge in [-0.25, -0.2) is 9.59 Å². The van der Waals surface area contributed by atoms with E-state index >= 15 is 0 Å². The number of urea groups is 1.